The second-order valence-corrected chi connectivity index (χ2v) is 6.47. The van der Waals surface area contributed by atoms with Crippen LogP contribution in [0.25, 0.3) is 0 Å². The number of phenolic OH excluding ortho intramolecular Hbond substituents is 2. The topological polar surface area (TPSA) is 113 Å². The molecule has 0 radical (unpaired) electrons. The quantitative estimate of drug-likeness (QED) is 0.482. The number of azo groups is 2. The van der Waals surface area contributed by atoms with E-state index in [9.17, 15) is 10.2 Å². The van der Waals surface area contributed by atoms with E-state index >= 15 is 0 Å². The van der Waals surface area contributed by atoms with E-state index in [4.69, 9.17) is 5.11 Å². The van der Waals surface area contributed by atoms with E-state index in [-0.39, 0.29) is 29.5 Å². The first kappa shape index (κ1) is 20.0. The van der Waals surface area contributed by atoms with Gasteiger partial charge in [0.2, 0.25) is 0 Å². The Morgan fingerprint density at radius 1 is 0.690 bits per heavy atom. The largest absolute Gasteiger partial charge is 0.506 e. The van der Waals surface area contributed by atoms with Gasteiger partial charge in [0.15, 0.2) is 0 Å². The Kier molecular flexibility index (Phi) is 6.16. The first-order chi connectivity index (χ1) is 14.0. The maximum absolute atomic E-state index is 10.1. The van der Waals surface area contributed by atoms with Crippen LogP contribution in [0.5, 0.6) is 11.5 Å². The van der Waals surface area contributed by atoms with Crippen molar-refractivity contribution < 1.29 is 15.3 Å². The molecular formula is C21H21N5O3. The van der Waals surface area contributed by atoms with Gasteiger partial charge < -0.3 is 20.2 Å². The maximum atomic E-state index is 10.1. The molecule has 3 aromatic carbocycles. The van der Waals surface area contributed by atoms with E-state index in [1.54, 1.807) is 48.5 Å². The van der Waals surface area contributed by atoms with Crippen LogP contribution in [0.2, 0.25) is 0 Å². The molecule has 0 bridgehead atoms. The molecule has 0 fully saturated rings. The third-order valence-electron chi connectivity index (χ3n) is 4.10. The van der Waals surface area contributed by atoms with Gasteiger partial charge in [0.05, 0.1) is 18.0 Å². The van der Waals surface area contributed by atoms with Gasteiger partial charge in [0, 0.05) is 25.8 Å². The molecule has 0 amide bonds. The second-order valence-electron chi connectivity index (χ2n) is 6.47. The summed E-state index contributed by atoms with van der Waals surface area (Å²) >= 11 is 0. The number of phenols is 2. The summed E-state index contributed by atoms with van der Waals surface area (Å²) in [6.45, 7) is -0.0306. The molecule has 0 spiro atoms. The molecule has 0 aliphatic rings. The van der Waals surface area contributed by atoms with E-state index in [1.807, 2.05) is 19.0 Å². The fraction of sp³-hybridized carbons (Fsp3) is 0.143. The van der Waals surface area contributed by atoms with Crippen LogP contribution in [0, 0.1) is 0 Å². The standard InChI is InChI=1S/C21H21N5O3/c1-26(2)17-8-9-18(21(29)12-17)24-25-19-11-16(7-10-20(19)28)23-22-15-5-3-14(13-27)4-6-15/h3-12,27-29H,13H2,1-2H3. The lowest BCUT2D eigenvalue weighted by Gasteiger charge is -2.12. The molecule has 0 aliphatic carbocycles. The predicted octanol–water partition coefficient (Wildman–Crippen LogP) is 5.49. The molecule has 3 aromatic rings. The van der Waals surface area contributed by atoms with Crippen molar-refractivity contribution in [3.63, 3.8) is 0 Å². The molecule has 0 unspecified atom stereocenters. The Morgan fingerprint density at radius 3 is 2.00 bits per heavy atom. The van der Waals surface area contributed by atoms with Crippen LogP contribution in [0.15, 0.2) is 81.1 Å². The average molecular weight is 391 g/mol. The molecular weight excluding hydrogens is 370 g/mol. The van der Waals surface area contributed by atoms with Gasteiger partial charge in [0.25, 0.3) is 0 Å². The van der Waals surface area contributed by atoms with Crippen LogP contribution >= 0.6 is 0 Å². The summed E-state index contributed by atoms with van der Waals surface area (Å²) < 4.78 is 0. The zero-order chi connectivity index (χ0) is 20.8. The van der Waals surface area contributed by atoms with Gasteiger partial charge in [-0.15, -0.1) is 10.2 Å². The molecule has 148 valence electrons. The van der Waals surface area contributed by atoms with Crippen molar-refractivity contribution in [1.82, 2.24) is 0 Å². The number of anilines is 1. The first-order valence-corrected chi connectivity index (χ1v) is 8.83. The van der Waals surface area contributed by atoms with Crippen molar-refractivity contribution in [3.8, 4) is 11.5 Å². The van der Waals surface area contributed by atoms with E-state index < -0.39 is 0 Å². The summed E-state index contributed by atoms with van der Waals surface area (Å²) in [7, 11) is 3.74. The highest BCUT2D eigenvalue weighted by Gasteiger charge is 2.05. The molecule has 0 aliphatic heterocycles. The summed E-state index contributed by atoms with van der Waals surface area (Å²) in [6, 6.07) is 16.6. The van der Waals surface area contributed by atoms with Crippen molar-refractivity contribution in [2.45, 2.75) is 6.61 Å². The van der Waals surface area contributed by atoms with Gasteiger partial charge in [-0.3, -0.25) is 0 Å². The van der Waals surface area contributed by atoms with Crippen molar-refractivity contribution in [2.75, 3.05) is 19.0 Å². The minimum atomic E-state index is -0.0654. The predicted molar refractivity (Wildman–Crippen MR) is 111 cm³/mol. The van der Waals surface area contributed by atoms with Crippen molar-refractivity contribution in [1.29, 1.82) is 0 Å². The lowest BCUT2D eigenvalue weighted by atomic mass is 10.2. The number of rotatable bonds is 6. The third-order valence-corrected chi connectivity index (χ3v) is 4.10. The summed E-state index contributed by atoms with van der Waals surface area (Å²) in [5.41, 5.74) is 3.22. The average Bonchev–Trinajstić information content (AvgIpc) is 2.73. The number of nitrogens with zero attached hydrogens (tertiary/aromatic N) is 5. The molecule has 3 N–H and O–H groups in total. The zero-order valence-corrected chi connectivity index (χ0v) is 16.1. The summed E-state index contributed by atoms with van der Waals surface area (Å²) in [4.78, 5) is 1.86. The highest BCUT2D eigenvalue weighted by Crippen LogP contribution is 2.35. The first-order valence-electron chi connectivity index (χ1n) is 8.83. The Labute approximate surface area is 168 Å². The van der Waals surface area contributed by atoms with Gasteiger partial charge in [-0.2, -0.15) is 10.2 Å². The van der Waals surface area contributed by atoms with Crippen LogP contribution in [-0.2, 0) is 6.61 Å². The fourth-order valence-corrected chi connectivity index (χ4v) is 2.42. The van der Waals surface area contributed by atoms with Crippen LogP contribution in [0.1, 0.15) is 5.56 Å². The highest BCUT2D eigenvalue weighted by atomic mass is 16.3. The van der Waals surface area contributed by atoms with Gasteiger partial charge in [0.1, 0.15) is 22.9 Å². The Morgan fingerprint density at radius 2 is 1.34 bits per heavy atom. The lowest BCUT2D eigenvalue weighted by Crippen LogP contribution is -2.07. The third kappa shape index (κ3) is 5.14. The molecule has 8 heteroatoms. The lowest BCUT2D eigenvalue weighted by molar-refractivity contribution is 0.282. The molecule has 0 saturated heterocycles. The smallest absolute Gasteiger partial charge is 0.145 e. The monoisotopic (exact) mass is 391 g/mol. The molecule has 8 nitrogen and oxygen atoms in total. The van der Waals surface area contributed by atoms with E-state index in [1.165, 1.54) is 12.1 Å². The fourth-order valence-electron chi connectivity index (χ4n) is 2.42. The number of aliphatic hydroxyl groups is 1. The number of benzene rings is 3. The number of hydrogen-bond donors (Lipinski definition) is 3. The number of aliphatic hydroxyl groups excluding tert-OH is 1. The summed E-state index contributed by atoms with van der Waals surface area (Å²) in [5.74, 6) is -0.0778. The van der Waals surface area contributed by atoms with Gasteiger partial charge in [-0.1, -0.05) is 12.1 Å². The highest BCUT2D eigenvalue weighted by molar-refractivity contribution is 5.62. The molecule has 29 heavy (non-hydrogen) atoms. The Hall–Kier alpha value is -3.78. The van der Waals surface area contributed by atoms with E-state index in [0.29, 0.717) is 11.4 Å². The van der Waals surface area contributed by atoms with Gasteiger partial charge >= 0.3 is 0 Å². The minimum absolute atomic E-state index is 0.0124. The van der Waals surface area contributed by atoms with Crippen LogP contribution in [0.3, 0.4) is 0 Å². The normalized spacial score (nSPS) is 11.4. The molecule has 0 aromatic heterocycles. The Balaban J connectivity index is 1.80. The van der Waals surface area contributed by atoms with Gasteiger partial charge in [-0.25, -0.2) is 0 Å². The molecule has 0 heterocycles. The van der Waals surface area contributed by atoms with Crippen molar-refractivity contribution in [3.05, 3.63) is 66.2 Å². The summed E-state index contributed by atoms with van der Waals surface area (Å²) in [5, 5.41) is 45.5. The Bertz CT molecular complexity index is 1050. The summed E-state index contributed by atoms with van der Waals surface area (Å²) in [6.07, 6.45) is 0. The van der Waals surface area contributed by atoms with E-state index in [2.05, 4.69) is 20.5 Å². The maximum Gasteiger partial charge on any atom is 0.145 e. The number of aromatic hydroxyl groups is 2. The van der Waals surface area contributed by atoms with Crippen LogP contribution in [-0.4, -0.2) is 29.4 Å². The van der Waals surface area contributed by atoms with Crippen molar-refractivity contribution >= 4 is 28.4 Å². The SMILES string of the molecule is CN(C)c1ccc(N=Nc2cc(N=Nc3ccc(CO)cc3)ccc2O)c(O)c1. The minimum Gasteiger partial charge on any atom is -0.506 e. The van der Waals surface area contributed by atoms with Crippen molar-refractivity contribution in [2.24, 2.45) is 20.5 Å². The zero-order valence-electron chi connectivity index (χ0n) is 16.1. The van der Waals surface area contributed by atoms with Crippen LogP contribution in [0.4, 0.5) is 28.4 Å². The molecule has 0 atom stereocenters. The molecule has 3 rings (SSSR count). The number of hydrogen-bond acceptors (Lipinski definition) is 8. The second kappa shape index (κ2) is 8.94. The van der Waals surface area contributed by atoms with Crippen LogP contribution < -0.4 is 4.90 Å². The molecule has 0 saturated carbocycles. The van der Waals surface area contributed by atoms with E-state index in [0.717, 1.165) is 11.3 Å². The van der Waals surface area contributed by atoms with Gasteiger partial charge in [-0.05, 0) is 48.0 Å².